The van der Waals surface area contributed by atoms with Crippen molar-refractivity contribution in [3.8, 4) is 6.07 Å². The summed E-state index contributed by atoms with van der Waals surface area (Å²) in [4.78, 5) is 4.64. The summed E-state index contributed by atoms with van der Waals surface area (Å²) in [6, 6.07) is 12.3. The van der Waals surface area contributed by atoms with Crippen LogP contribution in [-0.4, -0.2) is 16.3 Å². The smallest absolute Gasteiger partial charge is 0.0985 e. The molecule has 1 aliphatic rings. The lowest BCUT2D eigenvalue weighted by Crippen LogP contribution is -2.20. The van der Waals surface area contributed by atoms with Gasteiger partial charge in [-0.25, -0.2) is 0 Å². The fourth-order valence-electron chi connectivity index (χ4n) is 1.52. The van der Waals surface area contributed by atoms with Gasteiger partial charge in [0.15, 0.2) is 0 Å². The first-order valence-electron chi connectivity index (χ1n) is 4.88. The Morgan fingerprint density at radius 3 is 2.87 bits per heavy atom. The molecule has 0 fully saturated rings. The largest absolute Gasteiger partial charge is 0.270 e. The Labute approximate surface area is 94.0 Å². The maximum absolute atomic E-state index is 8.72. The van der Waals surface area contributed by atoms with Crippen LogP contribution in [0.4, 0.5) is 0 Å². The third-order valence-electron chi connectivity index (χ3n) is 2.37. The van der Waals surface area contributed by atoms with Gasteiger partial charge in [0.1, 0.15) is 0 Å². The van der Waals surface area contributed by atoms with Crippen molar-refractivity contribution in [2.45, 2.75) is 18.9 Å². The van der Waals surface area contributed by atoms with Crippen molar-refractivity contribution in [3.63, 3.8) is 0 Å². The van der Waals surface area contributed by atoms with E-state index >= 15 is 0 Å². The molecule has 0 N–H and O–H groups in total. The fourth-order valence-corrected chi connectivity index (χ4v) is 2.72. The van der Waals surface area contributed by atoms with Crippen molar-refractivity contribution in [2.24, 2.45) is 4.99 Å². The van der Waals surface area contributed by atoms with Gasteiger partial charge in [-0.1, -0.05) is 30.3 Å². The summed E-state index contributed by atoms with van der Waals surface area (Å²) < 4.78 is 0. The number of nitrogens with zero attached hydrogens (tertiary/aromatic N) is 2. The highest BCUT2D eigenvalue weighted by Crippen LogP contribution is 2.32. The third kappa shape index (κ3) is 2.21. The predicted octanol–water partition coefficient (Wildman–Crippen LogP) is 2.85. The van der Waals surface area contributed by atoms with Crippen molar-refractivity contribution in [1.82, 2.24) is 0 Å². The molecule has 1 heterocycles. The molecule has 2 rings (SSSR count). The van der Waals surface area contributed by atoms with Crippen LogP contribution in [0.15, 0.2) is 35.3 Å². The summed E-state index contributed by atoms with van der Waals surface area (Å²) >= 11 is 1.74. The zero-order chi connectivity index (χ0) is 10.7. The molecule has 0 amide bonds. The molecule has 0 bridgehead atoms. The first-order valence-corrected chi connectivity index (χ1v) is 5.87. The van der Waals surface area contributed by atoms with E-state index in [1.54, 1.807) is 11.8 Å². The summed E-state index contributed by atoms with van der Waals surface area (Å²) in [7, 11) is 0. The molecule has 0 radical (unpaired) electrons. The van der Waals surface area contributed by atoms with E-state index in [-0.39, 0.29) is 5.54 Å². The highest BCUT2D eigenvalue weighted by Gasteiger charge is 2.30. The van der Waals surface area contributed by atoms with Crippen LogP contribution in [0.25, 0.3) is 0 Å². The first kappa shape index (κ1) is 10.3. The Morgan fingerprint density at radius 2 is 2.20 bits per heavy atom. The normalized spacial score (nSPS) is 24.7. The van der Waals surface area contributed by atoms with Gasteiger partial charge in [0.25, 0.3) is 0 Å². The summed E-state index contributed by atoms with van der Waals surface area (Å²) in [6.45, 7) is 2.04. The lowest BCUT2D eigenvalue weighted by molar-refractivity contribution is 0.556. The molecule has 1 aliphatic heterocycles. The maximum atomic E-state index is 8.72. The number of benzene rings is 1. The lowest BCUT2D eigenvalue weighted by atomic mass is 10.0. The quantitative estimate of drug-likeness (QED) is 0.762. The molecule has 1 aromatic rings. The van der Waals surface area contributed by atoms with E-state index in [0.717, 1.165) is 16.4 Å². The SMILES string of the molecule is C[C@]1(CC#N)CSC(c2ccccc2)=N1. The van der Waals surface area contributed by atoms with Gasteiger partial charge in [-0.05, 0) is 6.92 Å². The van der Waals surface area contributed by atoms with Gasteiger partial charge in [-0.3, -0.25) is 4.99 Å². The second-order valence-electron chi connectivity index (χ2n) is 3.90. The molecule has 0 spiro atoms. The number of hydrogen-bond acceptors (Lipinski definition) is 3. The Balaban J connectivity index is 2.24. The van der Waals surface area contributed by atoms with Crippen LogP contribution in [0, 0.1) is 11.3 Å². The van der Waals surface area contributed by atoms with E-state index in [9.17, 15) is 0 Å². The molecule has 76 valence electrons. The first-order chi connectivity index (χ1) is 7.23. The molecular formula is C12H12N2S. The Bertz CT molecular complexity index is 419. The lowest BCUT2D eigenvalue weighted by Gasteiger charge is -2.13. The Morgan fingerprint density at radius 1 is 1.47 bits per heavy atom. The van der Waals surface area contributed by atoms with E-state index < -0.39 is 0 Å². The minimum atomic E-state index is -0.190. The minimum absolute atomic E-state index is 0.190. The fraction of sp³-hybridized carbons (Fsp3) is 0.333. The van der Waals surface area contributed by atoms with Crippen LogP contribution < -0.4 is 0 Å². The maximum Gasteiger partial charge on any atom is 0.0985 e. The van der Waals surface area contributed by atoms with Crippen molar-refractivity contribution in [3.05, 3.63) is 35.9 Å². The number of thioether (sulfide) groups is 1. The zero-order valence-corrected chi connectivity index (χ0v) is 9.42. The van der Waals surface area contributed by atoms with Crippen LogP contribution in [0.1, 0.15) is 18.9 Å². The van der Waals surface area contributed by atoms with E-state index in [1.165, 1.54) is 0 Å². The topological polar surface area (TPSA) is 36.1 Å². The molecule has 2 nitrogen and oxygen atoms in total. The third-order valence-corrected chi connectivity index (χ3v) is 3.74. The minimum Gasteiger partial charge on any atom is -0.270 e. The van der Waals surface area contributed by atoms with Crippen LogP contribution in [0.5, 0.6) is 0 Å². The van der Waals surface area contributed by atoms with Crippen LogP contribution in [-0.2, 0) is 0 Å². The van der Waals surface area contributed by atoms with Gasteiger partial charge >= 0.3 is 0 Å². The van der Waals surface area contributed by atoms with Gasteiger partial charge in [-0.15, -0.1) is 11.8 Å². The second kappa shape index (κ2) is 4.08. The summed E-state index contributed by atoms with van der Waals surface area (Å²) in [5.41, 5.74) is 0.967. The van der Waals surface area contributed by atoms with Crippen molar-refractivity contribution in [2.75, 3.05) is 5.75 Å². The van der Waals surface area contributed by atoms with Gasteiger partial charge in [0, 0.05) is 11.3 Å². The summed E-state index contributed by atoms with van der Waals surface area (Å²) in [5, 5.41) is 9.78. The van der Waals surface area contributed by atoms with E-state index in [0.29, 0.717) is 6.42 Å². The molecule has 15 heavy (non-hydrogen) atoms. The standard InChI is InChI=1S/C12H12N2S/c1-12(7-8-13)9-15-11(14-12)10-5-3-2-4-6-10/h2-6H,7,9H2,1H3/t12-/m0/s1. The van der Waals surface area contributed by atoms with E-state index in [4.69, 9.17) is 5.26 Å². The molecule has 0 saturated heterocycles. The predicted molar refractivity (Wildman–Crippen MR) is 64.1 cm³/mol. The molecule has 0 aliphatic carbocycles. The molecule has 0 aromatic heterocycles. The molecule has 0 saturated carbocycles. The van der Waals surface area contributed by atoms with Gasteiger partial charge in [0.05, 0.1) is 23.1 Å². The van der Waals surface area contributed by atoms with Crippen LogP contribution >= 0.6 is 11.8 Å². The van der Waals surface area contributed by atoms with Crippen molar-refractivity contribution >= 4 is 16.8 Å². The number of hydrogen-bond donors (Lipinski definition) is 0. The van der Waals surface area contributed by atoms with Gasteiger partial charge in [-0.2, -0.15) is 5.26 Å². The average Bonchev–Trinajstić information content (AvgIpc) is 2.63. The molecule has 3 heteroatoms. The zero-order valence-electron chi connectivity index (χ0n) is 8.60. The molecule has 1 aromatic carbocycles. The monoisotopic (exact) mass is 216 g/mol. The van der Waals surface area contributed by atoms with Crippen LogP contribution in [0.2, 0.25) is 0 Å². The Hall–Kier alpha value is -1.27. The highest BCUT2D eigenvalue weighted by atomic mass is 32.2. The van der Waals surface area contributed by atoms with Crippen molar-refractivity contribution in [1.29, 1.82) is 5.26 Å². The number of nitriles is 1. The molecular weight excluding hydrogens is 204 g/mol. The number of rotatable bonds is 2. The second-order valence-corrected chi connectivity index (χ2v) is 4.87. The van der Waals surface area contributed by atoms with Crippen molar-refractivity contribution < 1.29 is 0 Å². The average molecular weight is 216 g/mol. The van der Waals surface area contributed by atoms with Crippen LogP contribution in [0.3, 0.4) is 0 Å². The van der Waals surface area contributed by atoms with Gasteiger partial charge < -0.3 is 0 Å². The molecule has 0 unspecified atom stereocenters. The Kier molecular flexibility index (Phi) is 2.79. The van der Waals surface area contributed by atoms with E-state index in [1.807, 2.05) is 25.1 Å². The van der Waals surface area contributed by atoms with E-state index in [2.05, 4.69) is 23.2 Å². The number of aliphatic imine (C=N–C) groups is 1. The molecule has 1 atom stereocenters. The highest BCUT2D eigenvalue weighted by molar-refractivity contribution is 8.14. The summed E-state index contributed by atoms with van der Waals surface area (Å²) in [5.74, 6) is 0.908. The van der Waals surface area contributed by atoms with Gasteiger partial charge in [0.2, 0.25) is 0 Å². The summed E-state index contributed by atoms with van der Waals surface area (Å²) in [6.07, 6.45) is 0.496.